The quantitative estimate of drug-likeness (QED) is 0.628. The van der Waals surface area contributed by atoms with Crippen LogP contribution in [0.25, 0.3) is 10.9 Å². The molecular formula is C23H34N4O2S. The van der Waals surface area contributed by atoms with Crippen molar-refractivity contribution in [3.8, 4) is 0 Å². The largest absolute Gasteiger partial charge is 0.379 e. The Morgan fingerprint density at radius 2 is 2.13 bits per heavy atom. The Morgan fingerprint density at radius 3 is 2.87 bits per heavy atom. The molecule has 0 radical (unpaired) electrons. The van der Waals surface area contributed by atoms with Crippen LogP contribution >= 0.6 is 12.2 Å². The second-order valence-electron chi connectivity index (χ2n) is 8.15. The summed E-state index contributed by atoms with van der Waals surface area (Å²) in [6.45, 7) is 12.2. The van der Waals surface area contributed by atoms with Crippen molar-refractivity contribution in [1.82, 2.24) is 20.1 Å². The molecule has 1 aliphatic rings. The first-order valence-corrected chi connectivity index (χ1v) is 11.4. The Morgan fingerprint density at radius 1 is 1.37 bits per heavy atom. The Bertz CT molecular complexity index is 908. The average Bonchev–Trinajstić information content (AvgIpc) is 2.74. The van der Waals surface area contributed by atoms with E-state index in [0.29, 0.717) is 12.6 Å². The van der Waals surface area contributed by atoms with E-state index in [1.54, 1.807) is 0 Å². The van der Waals surface area contributed by atoms with E-state index in [4.69, 9.17) is 17.0 Å². The summed E-state index contributed by atoms with van der Waals surface area (Å²) in [7, 11) is 0. The number of para-hydroxylation sites is 1. The van der Waals surface area contributed by atoms with Crippen molar-refractivity contribution in [2.45, 2.75) is 46.2 Å². The summed E-state index contributed by atoms with van der Waals surface area (Å²) in [6.07, 6.45) is 1.99. The topological polar surface area (TPSA) is 60.6 Å². The first-order chi connectivity index (χ1) is 14.5. The van der Waals surface area contributed by atoms with Crippen LogP contribution in [0, 0.1) is 6.92 Å². The summed E-state index contributed by atoms with van der Waals surface area (Å²) < 4.78 is 5.44. The van der Waals surface area contributed by atoms with Crippen molar-refractivity contribution in [3.63, 3.8) is 0 Å². The molecule has 0 spiro atoms. The van der Waals surface area contributed by atoms with Crippen molar-refractivity contribution in [1.29, 1.82) is 0 Å². The van der Waals surface area contributed by atoms with Crippen molar-refractivity contribution < 1.29 is 4.74 Å². The molecule has 0 saturated carbocycles. The third kappa shape index (κ3) is 6.03. The predicted octanol–water partition coefficient (Wildman–Crippen LogP) is 3.03. The van der Waals surface area contributed by atoms with E-state index < -0.39 is 0 Å². The number of aryl methyl sites for hydroxylation is 1. The van der Waals surface area contributed by atoms with Gasteiger partial charge in [0.05, 0.1) is 25.3 Å². The van der Waals surface area contributed by atoms with Crippen LogP contribution in [0.4, 0.5) is 0 Å². The molecule has 3 rings (SSSR count). The number of nitrogens with zero attached hydrogens (tertiary/aromatic N) is 2. The summed E-state index contributed by atoms with van der Waals surface area (Å²) in [6, 6.07) is 8.38. The first kappa shape index (κ1) is 22.7. The lowest BCUT2D eigenvalue weighted by molar-refractivity contribution is 0.0367. The van der Waals surface area contributed by atoms with Crippen LogP contribution in [0.5, 0.6) is 0 Å². The molecule has 0 unspecified atom stereocenters. The SMILES string of the molecule is CC[C@H](C)NC(=S)N(CCCN1CCOCC1)Cc1cc2cccc(C)c2[nH]c1=O. The third-order valence-corrected chi connectivity index (χ3v) is 6.18. The molecule has 0 bridgehead atoms. The minimum absolute atomic E-state index is 0.0404. The van der Waals surface area contributed by atoms with E-state index in [0.717, 1.165) is 79.4 Å². The van der Waals surface area contributed by atoms with E-state index in [9.17, 15) is 4.79 Å². The van der Waals surface area contributed by atoms with Crippen molar-refractivity contribution in [2.75, 3.05) is 39.4 Å². The molecular weight excluding hydrogens is 396 g/mol. The van der Waals surface area contributed by atoms with Gasteiger partial charge in [-0.25, -0.2) is 0 Å². The number of aromatic amines is 1. The number of H-pyrrole nitrogens is 1. The zero-order chi connectivity index (χ0) is 21.5. The number of morpholine rings is 1. The number of fused-ring (bicyclic) bond motifs is 1. The maximum atomic E-state index is 12.8. The molecule has 1 aromatic heterocycles. The third-order valence-electron chi connectivity index (χ3n) is 5.80. The van der Waals surface area contributed by atoms with Gasteiger partial charge in [-0.15, -0.1) is 0 Å². The van der Waals surface area contributed by atoms with Crippen LogP contribution in [-0.4, -0.2) is 65.3 Å². The van der Waals surface area contributed by atoms with Gasteiger partial charge in [0.2, 0.25) is 0 Å². The molecule has 164 valence electrons. The Kier molecular flexibility index (Phi) is 8.24. The average molecular weight is 431 g/mol. The Hall–Kier alpha value is -1.96. The maximum Gasteiger partial charge on any atom is 0.253 e. The molecule has 1 fully saturated rings. The van der Waals surface area contributed by atoms with Crippen LogP contribution in [-0.2, 0) is 11.3 Å². The standard InChI is InChI=1S/C23H34N4O2S/c1-4-18(3)24-23(30)27(10-6-9-26-11-13-29-14-12-26)16-20-15-19-8-5-7-17(2)21(19)25-22(20)28/h5,7-8,15,18H,4,6,9-14,16H2,1-3H3,(H,24,30)(H,25,28)/t18-/m0/s1. The maximum absolute atomic E-state index is 12.8. The number of benzene rings is 1. The highest BCUT2D eigenvalue weighted by Gasteiger charge is 2.16. The minimum atomic E-state index is -0.0404. The molecule has 2 N–H and O–H groups in total. The molecule has 0 aliphatic carbocycles. The zero-order valence-corrected chi connectivity index (χ0v) is 19.2. The lowest BCUT2D eigenvalue weighted by atomic mass is 10.1. The van der Waals surface area contributed by atoms with Gasteiger partial charge in [-0.2, -0.15) is 0 Å². The molecule has 2 heterocycles. The van der Waals surface area contributed by atoms with Gasteiger partial charge in [0.25, 0.3) is 5.56 Å². The van der Waals surface area contributed by atoms with Gasteiger partial charge < -0.3 is 19.9 Å². The number of hydrogen-bond donors (Lipinski definition) is 2. The Balaban J connectivity index is 1.73. The summed E-state index contributed by atoms with van der Waals surface area (Å²) in [5.74, 6) is 0. The van der Waals surface area contributed by atoms with Crippen LogP contribution in [0.15, 0.2) is 29.1 Å². The number of rotatable bonds is 8. The Labute approximate surface area is 184 Å². The van der Waals surface area contributed by atoms with Crippen LogP contribution in [0.1, 0.15) is 37.8 Å². The highest BCUT2D eigenvalue weighted by Crippen LogP contribution is 2.16. The number of pyridine rings is 1. The van der Waals surface area contributed by atoms with Crippen LogP contribution in [0.2, 0.25) is 0 Å². The number of nitrogens with one attached hydrogen (secondary N) is 2. The highest BCUT2D eigenvalue weighted by molar-refractivity contribution is 7.80. The smallest absolute Gasteiger partial charge is 0.253 e. The second kappa shape index (κ2) is 10.9. The normalized spacial score (nSPS) is 15.8. The number of ether oxygens (including phenoxy) is 1. The summed E-state index contributed by atoms with van der Waals surface area (Å²) >= 11 is 5.72. The second-order valence-corrected chi connectivity index (χ2v) is 8.54. The van der Waals surface area contributed by atoms with Crippen LogP contribution < -0.4 is 10.9 Å². The lowest BCUT2D eigenvalue weighted by Crippen LogP contribution is -2.45. The van der Waals surface area contributed by atoms with Crippen LogP contribution in [0.3, 0.4) is 0 Å². The zero-order valence-electron chi connectivity index (χ0n) is 18.4. The fourth-order valence-electron chi connectivity index (χ4n) is 3.72. The first-order valence-electron chi connectivity index (χ1n) is 10.9. The molecule has 0 amide bonds. The fraction of sp³-hybridized carbons (Fsp3) is 0.565. The number of thiocarbonyl (C=S) groups is 1. The molecule has 6 nitrogen and oxygen atoms in total. The van der Waals surface area contributed by atoms with E-state index in [2.05, 4.69) is 33.9 Å². The fourth-order valence-corrected chi connectivity index (χ4v) is 4.08. The minimum Gasteiger partial charge on any atom is -0.379 e. The van der Waals surface area contributed by atoms with Gasteiger partial charge in [-0.3, -0.25) is 9.69 Å². The molecule has 30 heavy (non-hydrogen) atoms. The van der Waals surface area contributed by atoms with E-state index in [-0.39, 0.29) is 5.56 Å². The molecule has 1 aromatic carbocycles. The van der Waals surface area contributed by atoms with Gasteiger partial charge >= 0.3 is 0 Å². The summed E-state index contributed by atoms with van der Waals surface area (Å²) in [5, 5.41) is 5.19. The molecule has 1 saturated heterocycles. The molecule has 1 aliphatic heterocycles. The number of aromatic nitrogens is 1. The van der Waals surface area contributed by atoms with Gasteiger partial charge in [-0.05, 0) is 55.9 Å². The summed E-state index contributed by atoms with van der Waals surface area (Å²) in [4.78, 5) is 20.4. The van der Waals surface area contributed by atoms with Gasteiger partial charge in [-0.1, -0.05) is 25.1 Å². The van der Waals surface area contributed by atoms with E-state index >= 15 is 0 Å². The van der Waals surface area contributed by atoms with Gasteiger partial charge in [0, 0.05) is 37.8 Å². The monoisotopic (exact) mass is 430 g/mol. The predicted molar refractivity (Wildman–Crippen MR) is 127 cm³/mol. The number of hydrogen-bond acceptors (Lipinski definition) is 4. The van der Waals surface area contributed by atoms with Gasteiger partial charge in [0.15, 0.2) is 5.11 Å². The van der Waals surface area contributed by atoms with Gasteiger partial charge in [0.1, 0.15) is 0 Å². The molecule has 1 atom stereocenters. The lowest BCUT2D eigenvalue weighted by Gasteiger charge is -2.30. The molecule has 2 aromatic rings. The van der Waals surface area contributed by atoms with E-state index in [1.165, 1.54) is 0 Å². The van der Waals surface area contributed by atoms with Crippen molar-refractivity contribution >= 4 is 28.2 Å². The van der Waals surface area contributed by atoms with Crippen molar-refractivity contribution in [2.24, 2.45) is 0 Å². The highest BCUT2D eigenvalue weighted by atomic mass is 32.1. The van der Waals surface area contributed by atoms with E-state index in [1.807, 2.05) is 31.2 Å². The molecule has 7 heteroatoms. The summed E-state index contributed by atoms with van der Waals surface area (Å²) in [5.41, 5.74) is 2.69. The van der Waals surface area contributed by atoms with Crippen molar-refractivity contribution in [3.05, 3.63) is 45.7 Å².